The van der Waals surface area contributed by atoms with E-state index in [-0.39, 0.29) is 67.1 Å². The number of ether oxygens (including phenoxy) is 13. The number of hydrogen-bond acceptors (Lipinski definition) is 13. The van der Waals surface area contributed by atoms with E-state index in [1.807, 2.05) is 109 Å². The summed E-state index contributed by atoms with van der Waals surface area (Å²) >= 11 is 0. The third-order valence-electron chi connectivity index (χ3n) is 16.8. The summed E-state index contributed by atoms with van der Waals surface area (Å²) in [7, 11) is 0. The molecule has 6 aromatic rings. The Morgan fingerprint density at radius 3 is 1.06 bits per heavy atom. The standard InChI is InChI=1S/C66H72O13/c1-7-19-43(20-8-1)35-67-41-58-60(71-38-46-25-13-4-14-26-46)65(72-39-47-27-15-5-16-28-47)62-56(75-58)34-52-51(78-62)33-55-64(79-52)66(73-40-48-29-17-6-18-30-48)63-54(74-55)32-50-49(77-63)31-53-61(76-50)59(70-37-45-23-11-3-12-24-45)57(42-69-53)68-36-44-21-9-2-10-22-44/h1-30,49-66H,31-42H2/t49-,50+,51-,52+,53+,54-,55+,56-,57-,58+,59+,60+,61+,62-,63-,64+,65-,66+/m0/s1. The smallest absolute Gasteiger partial charge is 0.115 e. The second-order valence-corrected chi connectivity index (χ2v) is 22.2. The van der Waals surface area contributed by atoms with Gasteiger partial charge in [-0.2, -0.15) is 0 Å². The predicted octanol–water partition coefficient (Wildman–Crippen LogP) is 9.69. The lowest BCUT2D eigenvalue weighted by Crippen LogP contribution is -2.72. The topological polar surface area (TPSA) is 120 Å². The molecule has 13 nitrogen and oxygen atoms in total. The van der Waals surface area contributed by atoms with Gasteiger partial charge in [-0.1, -0.05) is 182 Å². The van der Waals surface area contributed by atoms with Crippen LogP contribution in [0.5, 0.6) is 0 Å². The van der Waals surface area contributed by atoms with Crippen LogP contribution in [0.3, 0.4) is 0 Å². The Hall–Kier alpha value is -5.20. The fourth-order valence-corrected chi connectivity index (χ4v) is 12.9. The molecule has 13 rings (SSSR count). The van der Waals surface area contributed by atoms with Gasteiger partial charge in [0.25, 0.3) is 0 Å². The van der Waals surface area contributed by atoms with Crippen molar-refractivity contribution >= 4 is 0 Å². The molecule has 6 aromatic carbocycles. The van der Waals surface area contributed by atoms with Crippen molar-refractivity contribution in [3.05, 3.63) is 215 Å². The van der Waals surface area contributed by atoms with Crippen LogP contribution in [0.4, 0.5) is 0 Å². The number of fused-ring (bicyclic) bond motifs is 6. The molecule has 0 saturated carbocycles. The van der Waals surface area contributed by atoms with Crippen molar-refractivity contribution in [2.24, 2.45) is 0 Å². The molecule has 13 heteroatoms. The molecule has 0 spiro atoms. The lowest BCUT2D eigenvalue weighted by Gasteiger charge is -2.58. The first-order chi connectivity index (χ1) is 39.1. The fraction of sp³-hybridized carbons (Fsp3) is 0.455. The molecular formula is C66H72O13. The maximum atomic E-state index is 7.31. The van der Waals surface area contributed by atoms with Crippen LogP contribution in [0.2, 0.25) is 0 Å². The number of hydrogen-bond donors (Lipinski definition) is 0. The van der Waals surface area contributed by atoms with Gasteiger partial charge in [-0.3, -0.25) is 0 Å². The summed E-state index contributed by atoms with van der Waals surface area (Å²) in [4.78, 5) is 0. The molecule has 7 heterocycles. The van der Waals surface area contributed by atoms with E-state index in [1.165, 1.54) is 0 Å². The molecule has 79 heavy (non-hydrogen) atoms. The summed E-state index contributed by atoms with van der Waals surface area (Å²) < 4.78 is 90.9. The molecule has 0 N–H and O–H groups in total. The zero-order chi connectivity index (χ0) is 52.7. The summed E-state index contributed by atoms with van der Waals surface area (Å²) in [6.45, 7) is 3.12. The van der Waals surface area contributed by atoms with Crippen LogP contribution in [0.25, 0.3) is 0 Å². The minimum absolute atomic E-state index is 0.262. The highest BCUT2D eigenvalue weighted by molar-refractivity contribution is 5.19. The normalized spacial score (nSPS) is 34.6. The van der Waals surface area contributed by atoms with Gasteiger partial charge in [0.15, 0.2) is 0 Å². The fourth-order valence-electron chi connectivity index (χ4n) is 12.9. The van der Waals surface area contributed by atoms with E-state index >= 15 is 0 Å². The van der Waals surface area contributed by atoms with Crippen molar-refractivity contribution in [3.8, 4) is 0 Å². The van der Waals surface area contributed by atoms with Gasteiger partial charge in [-0.05, 0) is 33.4 Å². The third-order valence-corrected chi connectivity index (χ3v) is 16.8. The maximum absolute atomic E-state index is 7.31. The summed E-state index contributed by atoms with van der Waals surface area (Å²) in [5.41, 5.74) is 6.44. The SMILES string of the molecule is c1ccc(COC[C@H]2O[C@H]3C[C@H]4O[C@H]5[C@H](OCc6ccccc6)[C@H]6O[C@H]7C[C@H]8OC[C@H](OCc9ccccc9)[C@@H](OCc9ccccc9)[C@@H]8O[C@@H]7C[C@@H]6O[C@@H]5C[C@@H]4O[C@@H]3[C@@H](OCc3ccccc3)[C@@H]2OCc2ccccc2)cc1. The van der Waals surface area contributed by atoms with Crippen LogP contribution in [-0.4, -0.2) is 123 Å². The Bertz CT molecular complexity index is 2780. The predicted molar refractivity (Wildman–Crippen MR) is 291 cm³/mol. The quantitative estimate of drug-likeness (QED) is 0.0767. The Morgan fingerprint density at radius 2 is 0.620 bits per heavy atom. The Labute approximate surface area is 463 Å². The molecule has 7 aliphatic rings. The summed E-state index contributed by atoms with van der Waals surface area (Å²) in [6.07, 6.45) is -4.46. The third kappa shape index (κ3) is 12.5. The van der Waals surface area contributed by atoms with Gasteiger partial charge >= 0.3 is 0 Å². The Kier molecular flexibility index (Phi) is 17.0. The first kappa shape index (κ1) is 53.1. The van der Waals surface area contributed by atoms with Gasteiger partial charge in [0.2, 0.25) is 0 Å². The molecular weight excluding hydrogens is 1000 g/mol. The van der Waals surface area contributed by atoms with Crippen LogP contribution in [0.15, 0.2) is 182 Å². The lowest BCUT2D eigenvalue weighted by molar-refractivity contribution is -0.366. The van der Waals surface area contributed by atoms with E-state index in [2.05, 4.69) is 72.8 Å². The minimum atomic E-state index is -0.511. The molecule has 0 amide bonds. The molecule has 0 aliphatic carbocycles. The monoisotopic (exact) mass is 1070 g/mol. The van der Waals surface area contributed by atoms with Gasteiger partial charge in [0.1, 0.15) is 61.0 Å². The van der Waals surface area contributed by atoms with Crippen molar-refractivity contribution in [1.82, 2.24) is 0 Å². The van der Waals surface area contributed by atoms with Gasteiger partial charge < -0.3 is 61.6 Å². The number of rotatable bonds is 19. The Balaban J connectivity index is 0.751. The molecule has 18 atom stereocenters. The van der Waals surface area contributed by atoms with Crippen LogP contribution in [-0.2, 0) is 101 Å². The van der Waals surface area contributed by atoms with Crippen LogP contribution in [0, 0.1) is 0 Å². The average Bonchev–Trinajstić information content (AvgIpc) is 3.65. The molecule has 0 bridgehead atoms. The highest BCUT2D eigenvalue weighted by Gasteiger charge is 2.61. The van der Waals surface area contributed by atoms with Gasteiger partial charge in [0, 0.05) is 25.7 Å². The van der Waals surface area contributed by atoms with Crippen LogP contribution < -0.4 is 0 Å². The molecule has 414 valence electrons. The van der Waals surface area contributed by atoms with E-state index < -0.39 is 42.7 Å². The Morgan fingerprint density at radius 1 is 0.291 bits per heavy atom. The van der Waals surface area contributed by atoms with E-state index in [4.69, 9.17) is 61.6 Å². The van der Waals surface area contributed by atoms with Gasteiger partial charge in [0.05, 0.1) is 102 Å². The zero-order valence-corrected chi connectivity index (χ0v) is 44.5. The van der Waals surface area contributed by atoms with E-state index in [9.17, 15) is 0 Å². The second-order valence-electron chi connectivity index (χ2n) is 22.2. The molecule has 7 aliphatic heterocycles. The summed E-state index contributed by atoms with van der Waals surface area (Å²) in [5, 5.41) is 0. The van der Waals surface area contributed by atoms with Crippen molar-refractivity contribution < 1.29 is 61.6 Å². The number of benzene rings is 6. The van der Waals surface area contributed by atoms with E-state index in [0.717, 1.165) is 33.4 Å². The van der Waals surface area contributed by atoms with Gasteiger partial charge in [-0.25, -0.2) is 0 Å². The zero-order valence-electron chi connectivity index (χ0n) is 44.5. The lowest BCUT2D eigenvalue weighted by atomic mass is 9.80. The molecule has 0 aromatic heterocycles. The van der Waals surface area contributed by atoms with Crippen molar-refractivity contribution in [2.75, 3.05) is 13.2 Å². The molecule has 7 saturated heterocycles. The van der Waals surface area contributed by atoms with E-state index in [0.29, 0.717) is 78.5 Å². The maximum Gasteiger partial charge on any atom is 0.115 e. The van der Waals surface area contributed by atoms with Gasteiger partial charge in [-0.15, -0.1) is 0 Å². The molecule has 0 unspecified atom stereocenters. The van der Waals surface area contributed by atoms with Crippen LogP contribution >= 0.6 is 0 Å². The van der Waals surface area contributed by atoms with Crippen molar-refractivity contribution in [1.29, 1.82) is 0 Å². The average molecular weight is 1070 g/mol. The summed E-state index contributed by atoms with van der Waals surface area (Å²) in [5.74, 6) is 0. The van der Waals surface area contributed by atoms with Crippen LogP contribution in [0.1, 0.15) is 59.1 Å². The van der Waals surface area contributed by atoms with Crippen molar-refractivity contribution in [2.45, 2.75) is 175 Å². The first-order valence-corrected chi connectivity index (χ1v) is 28.6. The highest BCUT2D eigenvalue weighted by Crippen LogP contribution is 2.47. The molecule has 0 radical (unpaired) electrons. The first-order valence-electron chi connectivity index (χ1n) is 28.6. The van der Waals surface area contributed by atoms with Crippen molar-refractivity contribution in [3.63, 3.8) is 0 Å². The summed E-state index contributed by atoms with van der Waals surface area (Å²) in [6, 6.07) is 61.5. The molecule has 7 fully saturated rings. The second kappa shape index (κ2) is 25.3. The largest absolute Gasteiger partial charge is 0.374 e. The van der Waals surface area contributed by atoms with E-state index in [1.54, 1.807) is 0 Å². The highest BCUT2D eigenvalue weighted by atomic mass is 16.7. The minimum Gasteiger partial charge on any atom is -0.374 e.